The van der Waals surface area contributed by atoms with E-state index in [4.69, 9.17) is 0 Å². The number of carbonyl (C=O) groups excluding carboxylic acids is 1. The quantitative estimate of drug-likeness (QED) is 0.269. The zero-order valence-corrected chi connectivity index (χ0v) is 17.8. The molecule has 0 spiro atoms. The Morgan fingerprint density at radius 3 is 2.35 bits per heavy atom. The van der Waals surface area contributed by atoms with Crippen molar-refractivity contribution in [2.75, 3.05) is 5.32 Å². The molecule has 0 aliphatic rings. The second-order valence-electron chi connectivity index (χ2n) is 7.38. The van der Waals surface area contributed by atoms with Gasteiger partial charge in [-0.15, -0.1) is 0 Å². The number of aryl methyl sites for hydroxylation is 3. The standard InChI is InChI=1S/C24H22N4O3/c1-15-5-7-21(8-6-15)26-24(29)20(14-25)13-19-12-17(3)27(18(19)4)23-10-9-22(28(30)31)11-16(23)2/h5-13H,1-4H3,(H,26,29)/b20-13-. The molecule has 0 fully saturated rings. The number of nitriles is 1. The Labute approximate surface area is 180 Å². The Balaban J connectivity index is 1.95. The van der Waals surface area contributed by atoms with Crippen molar-refractivity contribution in [2.45, 2.75) is 27.7 Å². The number of aromatic nitrogens is 1. The third-order valence-electron chi connectivity index (χ3n) is 5.08. The molecule has 0 saturated carbocycles. The Hall–Kier alpha value is -4.18. The van der Waals surface area contributed by atoms with Crippen LogP contribution in [0.3, 0.4) is 0 Å². The van der Waals surface area contributed by atoms with Crippen LogP contribution in [-0.2, 0) is 4.79 Å². The molecule has 1 aromatic heterocycles. The summed E-state index contributed by atoms with van der Waals surface area (Å²) in [6.45, 7) is 7.55. The van der Waals surface area contributed by atoms with E-state index in [1.807, 2.05) is 56.5 Å². The fourth-order valence-electron chi connectivity index (χ4n) is 3.45. The lowest BCUT2D eigenvalue weighted by molar-refractivity contribution is -0.384. The first kappa shape index (κ1) is 21.5. The molecule has 1 heterocycles. The topological polar surface area (TPSA) is 101 Å². The molecular weight excluding hydrogens is 392 g/mol. The van der Waals surface area contributed by atoms with Gasteiger partial charge in [0.2, 0.25) is 0 Å². The molecule has 0 saturated heterocycles. The highest BCUT2D eigenvalue weighted by Gasteiger charge is 2.16. The minimum atomic E-state index is -0.484. The van der Waals surface area contributed by atoms with E-state index in [0.717, 1.165) is 33.8 Å². The summed E-state index contributed by atoms with van der Waals surface area (Å²) in [5, 5.41) is 23.3. The molecule has 1 amide bonds. The molecule has 2 aromatic carbocycles. The number of nitrogens with zero attached hydrogens (tertiary/aromatic N) is 3. The van der Waals surface area contributed by atoms with Crippen molar-refractivity contribution in [3.05, 3.63) is 92.3 Å². The highest BCUT2D eigenvalue weighted by atomic mass is 16.6. The predicted molar refractivity (Wildman–Crippen MR) is 120 cm³/mol. The maximum Gasteiger partial charge on any atom is 0.269 e. The van der Waals surface area contributed by atoms with Crippen LogP contribution in [0.5, 0.6) is 0 Å². The van der Waals surface area contributed by atoms with Crippen LogP contribution in [0, 0.1) is 49.1 Å². The predicted octanol–water partition coefficient (Wildman–Crippen LogP) is 5.16. The molecule has 31 heavy (non-hydrogen) atoms. The zero-order chi connectivity index (χ0) is 22.7. The van der Waals surface area contributed by atoms with Gasteiger partial charge in [0.05, 0.1) is 4.92 Å². The molecule has 0 unspecified atom stereocenters. The van der Waals surface area contributed by atoms with Crippen LogP contribution >= 0.6 is 0 Å². The number of nitro groups is 1. The molecule has 0 bridgehead atoms. The summed E-state index contributed by atoms with van der Waals surface area (Å²) in [6.07, 6.45) is 1.56. The Kier molecular flexibility index (Phi) is 6.02. The second kappa shape index (κ2) is 8.67. The Morgan fingerprint density at radius 1 is 1.10 bits per heavy atom. The largest absolute Gasteiger partial charge is 0.321 e. The van der Waals surface area contributed by atoms with Crippen molar-refractivity contribution < 1.29 is 9.72 Å². The van der Waals surface area contributed by atoms with Gasteiger partial charge in [0.25, 0.3) is 11.6 Å². The summed E-state index contributed by atoms with van der Waals surface area (Å²) >= 11 is 0. The van der Waals surface area contributed by atoms with Gasteiger partial charge < -0.3 is 9.88 Å². The number of nitro benzene ring substituents is 1. The summed E-state index contributed by atoms with van der Waals surface area (Å²) in [4.78, 5) is 23.2. The number of non-ortho nitro benzene ring substituents is 1. The first-order valence-electron chi connectivity index (χ1n) is 9.65. The Morgan fingerprint density at radius 2 is 1.77 bits per heavy atom. The van der Waals surface area contributed by atoms with E-state index in [2.05, 4.69) is 5.32 Å². The van der Waals surface area contributed by atoms with Gasteiger partial charge in [0.1, 0.15) is 11.6 Å². The molecule has 0 aliphatic carbocycles. The van der Waals surface area contributed by atoms with Gasteiger partial charge >= 0.3 is 0 Å². The monoisotopic (exact) mass is 414 g/mol. The minimum Gasteiger partial charge on any atom is -0.321 e. The van der Waals surface area contributed by atoms with Crippen molar-refractivity contribution in [1.82, 2.24) is 4.57 Å². The van der Waals surface area contributed by atoms with Crippen molar-refractivity contribution in [1.29, 1.82) is 5.26 Å². The van der Waals surface area contributed by atoms with E-state index in [1.165, 1.54) is 12.1 Å². The molecule has 1 N–H and O–H groups in total. The lowest BCUT2D eigenvalue weighted by atomic mass is 10.1. The number of carbonyl (C=O) groups is 1. The molecular formula is C24H22N4O3. The van der Waals surface area contributed by atoms with Gasteiger partial charge in [0.15, 0.2) is 0 Å². The van der Waals surface area contributed by atoms with Crippen LogP contribution in [0.2, 0.25) is 0 Å². The summed E-state index contributed by atoms with van der Waals surface area (Å²) in [6, 6.07) is 15.9. The minimum absolute atomic E-state index is 0.0127. The first-order chi connectivity index (χ1) is 14.7. The summed E-state index contributed by atoms with van der Waals surface area (Å²) < 4.78 is 1.96. The van der Waals surface area contributed by atoms with Gasteiger partial charge in [-0.3, -0.25) is 14.9 Å². The maximum atomic E-state index is 12.6. The summed E-state index contributed by atoms with van der Waals surface area (Å²) in [5.41, 5.74) is 5.71. The van der Waals surface area contributed by atoms with Gasteiger partial charge in [-0.25, -0.2) is 0 Å². The number of hydrogen-bond donors (Lipinski definition) is 1. The smallest absolute Gasteiger partial charge is 0.269 e. The number of amides is 1. The third-order valence-corrected chi connectivity index (χ3v) is 5.08. The number of rotatable bonds is 5. The van der Waals surface area contributed by atoms with Crippen molar-refractivity contribution in [3.8, 4) is 11.8 Å². The van der Waals surface area contributed by atoms with Crippen LogP contribution in [-0.4, -0.2) is 15.4 Å². The van der Waals surface area contributed by atoms with Crippen molar-refractivity contribution in [3.63, 3.8) is 0 Å². The average Bonchev–Trinajstić information content (AvgIpc) is 3.00. The van der Waals surface area contributed by atoms with Gasteiger partial charge in [-0.05, 0) is 69.2 Å². The van der Waals surface area contributed by atoms with E-state index in [-0.39, 0.29) is 11.3 Å². The Bertz CT molecular complexity index is 1250. The molecule has 0 radical (unpaired) electrons. The van der Waals surface area contributed by atoms with Gasteiger partial charge in [-0.2, -0.15) is 5.26 Å². The van der Waals surface area contributed by atoms with E-state index in [1.54, 1.807) is 24.3 Å². The fourth-order valence-corrected chi connectivity index (χ4v) is 3.45. The lowest BCUT2D eigenvalue weighted by Gasteiger charge is -2.12. The number of benzene rings is 2. The molecule has 3 aromatic rings. The van der Waals surface area contributed by atoms with E-state index in [0.29, 0.717) is 5.69 Å². The summed E-state index contributed by atoms with van der Waals surface area (Å²) in [7, 11) is 0. The molecule has 0 atom stereocenters. The SMILES string of the molecule is Cc1ccc(NC(=O)/C(C#N)=C\c2cc(C)n(-c3ccc([N+](=O)[O-])cc3C)c2C)cc1. The average molecular weight is 414 g/mol. The fraction of sp³-hybridized carbons (Fsp3) is 0.167. The van der Waals surface area contributed by atoms with Crippen LogP contribution in [0.15, 0.2) is 54.1 Å². The third kappa shape index (κ3) is 4.54. The second-order valence-corrected chi connectivity index (χ2v) is 7.38. The highest BCUT2D eigenvalue weighted by Crippen LogP contribution is 2.27. The number of hydrogen-bond acceptors (Lipinski definition) is 4. The number of nitrogens with one attached hydrogen (secondary N) is 1. The van der Waals surface area contributed by atoms with Crippen LogP contribution in [0.4, 0.5) is 11.4 Å². The normalized spacial score (nSPS) is 11.1. The van der Waals surface area contributed by atoms with Crippen molar-refractivity contribution in [2.24, 2.45) is 0 Å². The van der Waals surface area contributed by atoms with Gasteiger partial charge in [-0.1, -0.05) is 17.7 Å². The molecule has 7 nitrogen and oxygen atoms in total. The molecule has 0 aliphatic heterocycles. The lowest BCUT2D eigenvalue weighted by Crippen LogP contribution is -2.13. The molecule has 156 valence electrons. The first-order valence-corrected chi connectivity index (χ1v) is 9.65. The highest BCUT2D eigenvalue weighted by molar-refractivity contribution is 6.09. The van der Waals surface area contributed by atoms with Gasteiger partial charge in [0, 0.05) is 34.9 Å². The summed E-state index contributed by atoms with van der Waals surface area (Å²) in [5.74, 6) is -0.484. The molecule has 7 heteroatoms. The van der Waals surface area contributed by atoms with Crippen LogP contribution < -0.4 is 5.32 Å². The van der Waals surface area contributed by atoms with Crippen LogP contribution in [0.1, 0.15) is 28.1 Å². The van der Waals surface area contributed by atoms with E-state index < -0.39 is 10.8 Å². The maximum absolute atomic E-state index is 12.6. The van der Waals surface area contributed by atoms with Crippen molar-refractivity contribution >= 4 is 23.4 Å². The number of anilines is 1. The van der Waals surface area contributed by atoms with E-state index >= 15 is 0 Å². The van der Waals surface area contributed by atoms with E-state index in [9.17, 15) is 20.2 Å². The molecule has 3 rings (SSSR count). The van der Waals surface area contributed by atoms with Crippen LogP contribution in [0.25, 0.3) is 11.8 Å². The zero-order valence-electron chi connectivity index (χ0n) is 17.8.